The Morgan fingerprint density at radius 2 is 1.67 bits per heavy atom. The quantitative estimate of drug-likeness (QED) is 0.760. The molecule has 3 heteroatoms. The number of benzene rings is 1. The first-order valence-corrected chi connectivity index (χ1v) is 4.77. The van der Waals surface area contributed by atoms with E-state index in [4.69, 9.17) is 4.74 Å². The average Bonchev–Trinajstić information content (AvgIpc) is 2.31. The van der Waals surface area contributed by atoms with Gasteiger partial charge in [0.05, 0.1) is 7.11 Å². The standard InChI is InChI=1S/C12H12N2O/c1-15-12-13-8-11(9-14-12)7-10-5-3-2-4-6-10/h2-6,8-9H,7H2,1H3. The van der Waals surface area contributed by atoms with Crippen molar-refractivity contribution in [3.05, 3.63) is 53.9 Å². The van der Waals surface area contributed by atoms with Gasteiger partial charge in [-0.1, -0.05) is 30.3 Å². The molecule has 76 valence electrons. The number of rotatable bonds is 3. The lowest BCUT2D eigenvalue weighted by Crippen LogP contribution is -1.94. The molecular weight excluding hydrogens is 188 g/mol. The summed E-state index contributed by atoms with van der Waals surface area (Å²) in [4.78, 5) is 8.12. The minimum absolute atomic E-state index is 0.409. The molecule has 1 aromatic heterocycles. The van der Waals surface area contributed by atoms with E-state index in [-0.39, 0.29) is 0 Å². The molecule has 0 saturated heterocycles. The van der Waals surface area contributed by atoms with Crippen molar-refractivity contribution >= 4 is 0 Å². The van der Waals surface area contributed by atoms with E-state index in [0.717, 1.165) is 12.0 Å². The highest BCUT2D eigenvalue weighted by atomic mass is 16.5. The Morgan fingerprint density at radius 3 is 2.27 bits per heavy atom. The van der Waals surface area contributed by atoms with Crippen LogP contribution in [0.3, 0.4) is 0 Å². The van der Waals surface area contributed by atoms with Gasteiger partial charge in [0, 0.05) is 18.8 Å². The van der Waals surface area contributed by atoms with Gasteiger partial charge in [0.15, 0.2) is 0 Å². The summed E-state index contributed by atoms with van der Waals surface area (Å²) in [5, 5.41) is 0. The van der Waals surface area contributed by atoms with Crippen LogP contribution in [0.1, 0.15) is 11.1 Å². The summed E-state index contributed by atoms with van der Waals surface area (Å²) in [6.45, 7) is 0. The van der Waals surface area contributed by atoms with E-state index >= 15 is 0 Å². The molecule has 0 unspecified atom stereocenters. The fourth-order valence-electron chi connectivity index (χ4n) is 1.37. The molecule has 1 aromatic carbocycles. The Hall–Kier alpha value is -1.90. The summed E-state index contributed by atoms with van der Waals surface area (Å²) in [6.07, 6.45) is 4.43. The zero-order valence-corrected chi connectivity index (χ0v) is 8.55. The molecule has 2 rings (SSSR count). The van der Waals surface area contributed by atoms with Crippen molar-refractivity contribution in [2.24, 2.45) is 0 Å². The van der Waals surface area contributed by atoms with Crippen molar-refractivity contribution in [2.45, 2.75) is 6.42 Å². The highest BCUT2D eigenvalue weighted by molar-refractivity contribution is 5.22. The van der Waals surface area contributed by atoms with Crippen molar-refractivity contribution in [3.8, 4) is 6.01 Å². The van der Waals surface area contributed by atoms with Crippen LogP contribution in [0.25, 0.3) is 0 Å². The van der Waals surface area contributed by atoms with Gasteiger partial charge in [-0.05, 0) is 11.1 Å². The molecule has 3 nitrogen and oxygen atoms in total. The summed E-state index contributed by atoms with van der Waals surface area (Å²) in [6, 6.07) is 10.6. The predicted octanol–water partition coefficient (Wildman–Crippen LogP) is 2.08. The Labute approximate surface area is 88.8 Å². The molecule has 0 bridgehead atoms. The van der Waals surface area contributed by atoms with Gasteiger partial charge < -0.3 is 4.74 Å². The number of ether oxygens (including phenoxy) is 1. The van der Waals surface area contributed by atoms with Crippen LogP contribution in [0, 0.1) is 0 Å². The monoisotopic (exact) mass is 200 g/mol. The van der Waals surface area contributed by atoms with Gasteiger partial charge >= 0.3 is 6.01 Å². The van der Waals surface area contributed by atoms with Crippen LogP contribution in [0.2, 0.25) is 0 Å². The smallest absolute Gasteiger partial charge is 0.316 e. The molecule has 1 heterocycles. The zero-order valence-electron chi connectivity index (χ0n) is 8.55. The Kier molecular flexibility index (Phi) is 2.93. The highest BCUT2D eigenvalue weighted by Crippen LogP contribution is 2.08. The second-order valence-corrected chi connectivity index (χ2v) is 3.24. The average molecular weight is 200 g/mol. The van der Waals surface area contributed by atoms with Crippen LogP contribution < -0.4 is 4.74 Å². The summed E-state index contributed by atoms with van der Waals surface area (Å²) < 4.78 is 4.90. The highest BCUT2D eigenvalue weighted by Gasteiger charge is 1.98. The maximum Gasteiger partial charge on any atom is 0.316 e. The largest absolute Gasteiger partial charge is 0.467 e. The van der Waals surface area contributed by atoms with Crippen molar-refractivity contribution < 1.29 is 4.74 Å². The minimum Gasteiger partial charge on any atom is -0.467 e. The molecule has 0 atom stereocenters. The van der Waals surface area contributed by atoms with E-state index in [0.29, 0.717) is 6.01 Å². The lowest BCUT2D eigenvalue weighted by molar-refractivity contribution is 0.379. The van der Waals surface area contributed by atoms with Gasteiger partial charge in [-0.2, -0.15) is 0 Å². The van der Waals surface area contributed by atoms with Crippen molar-refractivity contribution in [1.82, 2.24) is 9.97 Å². The van der Waals surface area contributed by atoms with Crippen molar-refractivity contribution in [3.63, 3.8) is 0 Å². The molecular formula is C12H12N2O. The molecule has 0 aliphatic rings. The van der Waals surface area contributed by atoms with E-state index in [1.807, 2.05) is 18.2 Å². The molecule has 0 spiro atoms. The van der Waals surface area contributed by atoms with Gasteiger partial charge in [-0.15, -0.1) is 0 Å². The molecule has 0 N–H and O–H groups in total. The van der Waals surface area contributed by atoms with Crippen LogP contribution in [-0.4, -0.2) is 17.1 Å². The number of methoxy groups -OCH3 is 1. The Morgan fingerprint density at radius 1 is 1.00 bits per heavy atom. The van der Waals surface area contributed by atoms with Gasteiger partial charge in [0.25, 0.3) is 0 Å². The third kappa shape index (κ3) is 2.53. The summed E-state index contributed by atoms with van der Waals surface area (Å²) in [7, 11) is 1.56. The molecule has 0 amide bonds. The number of aromatic nitrogens is 2. The Balaban J connectivity index is 2.11. The topological polar surface area (TPSA) is 35.0 Å². The van der Waals surface area contributed by atoms with Gasteiger partial charge in [0.2, 0.25) is 0 Å². The van der Waals surface area contributed by atoms with Gasteiger partial charge in [-0.3, -0.25) is 0 Å². The van der Waals surface area contributed by atoms with Crippen LogP contribution >= 0.6 is 0 Å². The fraction of sp³-hybridized carbons (Fsp3) is 0.167. The second-order valence-electron chi connectivity index (χ2n) is 3.24. The Bertz CT molecular complexity index is 411. The zero-order chi connectivity index (χ0) is 10.5. The van der Waals surface area contributed by atoms with Crippen LogP contribution in [0.4, 0.5) is 0 Å². The maximum atomic E-state index is 4.90. The number of hydrogen-bond acceptors (Lipinski definition) is 3. The van der Waals surface area contributed by atoms with Crippen LogP contribution in [0.5, 0.6) is 6.01 Å². The summed E-state index contributed by atoms with van der Waals surface area (Å²) in [5.41, 5.74) is 2.34. The number of nitrogens with zero attached hydrogens (tertiary/aromatic N) is 2. The van der Waals surface area contributed by atoms with Crippen molar-refractivity contribution in [2.75, 3.05) is 7.11 Å². The number of hydrogen-bond donors (Lipinski definition) is 0. The minimum atomic E-state index is 0.409. The molecule has 0 fully saturated rings. The predicted molar refractivity (Wildman–Crippen MR) is 57.8 cm³/mol. The van der Waals surface area contributed by atoms with Gasteiger partial charge in [-0.25, -0.2) is 9.97 Å². The first-order chi connectivity index (χ1) is 7.38. The van der Waals surface area contributed by atoms with E-state index in [2.05, 4.69) is 22.1 Å². The first kappa shape index (κ1) is 9.65. The lowest BCUT2D eigenvalue weighted by Gasteiger charge is -2.01. The SMILES string of the molecule is COc1ncc(Cc2ccccc2)cn1. The third-order valence-electron chi connectivity index (χ3n) is 2.12. The van der Waals surface area contributed by atoms with E-state index < -0.39 is 0 Å². The van der Waals surface area contributed by atoms with E-state index in [9.17, 15) is 0 Å². The van der Waals surface area contributed by atoms with Crippen LogP contribution in [-0.2, 0) is 6.42 Å². The second kappa shape index (κ2) is 4.55. The van der Waals surface area contributed by atoms with Gasteiger partial charge in [0.1, 0.15) is 0 Å². The van der Waals surface area contributed by atoms with Crippen molar-refractivity contribution in [1.29, 1.82) is 0 Å². The van der Waals surface area contributed by atoms with E-state index in [1.165, 1.54) is 5.56 Å². The normalized spacial score (nSPS) is 9.93. The fourth-order valence-corrected chi connectivity index (χ4v) is 1.37. The molecule has 15 heavy (non-hydrogen) atoms. The maximum absolute atomic E-state index is 4.90. The molecule has 2 aromatic rings. The molecule has 0 aliphatic carbocycles. The van der Waals surface area contributed by atoms with E-state index in [1.54, 1.807) is 19.5 Å². The third-order valence-corrected chi connectivity index (χ3v) is 2.12. The summed E-state index contributed by atoms with van der Waals surface area (Å²) >= 11 is 0. The molecule has 0 saturated carbocycles. The molecule has 0 aliphatic heterocycles. The van der Waals surface area contributed by atoms with Crippen LogP contribution in [0.15, 0.2) is 42.7 Å². The first-order valence-electron chi connectivity index (χ1n) is 4.77. The lowest BCUT2D eigenvalue weighted by atomic mass is 10.1. The summed E-state index contributed by atoms with van der Waals surface area (Å²) in [5.74, 6) is 0. The molecule has 0 radical (unpaired) electrons.